The fourth-order valence-electron chi connectivity index (χ4n) is 4.64. The Morgan fingerprint density at radius 1 is 0.946 bits per heavy atom. The van der Waals surface area contributed by atoms with Crippen LogP contribution in [0.15, 0.2) is 60.7 Å². The second kappa shape index (κ2) is 11.6. The van der Waals surface area contributed by atoms with Crippen molar-refractivity contribution in [2.24, 2.45) is 5.92 Å². The predicted octanol–water partition coefficient (Wildman–Crippen LogP) is 3.22. The molecule has 2 amide bonds. The standard InChI is InChI=1S/C28H30FN5O3/c29-23-6-1-20(2-7-23)3-8-24-9-12-26(32-31-24)30-28(36)22-17-27(35)34(19-22)25-10-4-21(5-11-25)18-33-13-15-37-16-14-33/h1-2,4-7,9-12,22H,3,8,13-19H2,(H,30,32,36). The van der Waals surface area contributed by atoms with Crippen molar-refractivity contribution in [3.05, 3.63) is 83.3 Å². The molecule has 1 aromatic heterocycles. The van der Waals surface area contributed by atoms with E-state index in [0.717, 1.165) is 56.2 Å². The van der Waals surface area contributed by atoms with Gasteiger partial charge in [0, 0.05) is 38.3 Å². The van der Waals surface area contributed by atoms with Crippen LogP contribution in [0.1, 0.15) is 23.2 Å². The largest absolute Gasteiger partial charge is 0.379 e. The van der Waals surface area contributed by atoms with Gasteiger partial charge in [0.2, 0.25) is 11.8 Å². The Kier molecular flexibility index (Phi) is 7.82. The first-order chi connectivity index (χ1) is 18.0. The van der Waals surface area contributed by atoms with Crippen LogP contribution in [0.5, 0.6) is 0 Å². The van der Waals surface area contributed by atoms with E-state index in [-0.39, 0.29) is 24.1 Å². The van der Waals surface area contributed by atoms with Crippen LogP contribution in [0.4, 0.5) is 15.9 Å². The molecule has 3 heterocycles. The summed E-state index contributed by atoms with van der Waals surface area (Å²) in [5.74, 6) is -0.668. The van der Waals surface area contributed by atoms with Crippen LogP contribution < -0.4 is 10.2 Å². The number of ether oxygens (including phenoxy) is 1. The topological polar surface area (TPSA) is 87.7 Å². The Bertz CT molecular complexity index is 1210. The van der Waals surface area contributed by atoms with E-state index in [0.29, 0.717) is 18.8 Å². The number of morpholine rings is 1. The number of amides is 2. The zero-order valence-electron chi connectivity index (χ0n) is 20.6. The fraction of sp³-hybridized carbons (Fsp3) is 0.357. The van der Waals surface area contributed by atoms with Crippen molar-refractivity contribution >= 4 is 23.3 Å². The minimum absolute atomic E-state index is 0.0664. The van der Waals surface area contributed by atoms with Crippen LogP contribution in [0, 0.1) is 11.7 Å². The van der Waals surface area contributed by atoms with Crippen molar-refractivity contribution in [1.82, 2.24) is 15.1 Å². The third-order valence-electron chi connectivity index (χ3n) is 6.81. The number of carbonyl (C=O) groups is 2. The molecule has 1 N–H and O–H groups in total. The summed E-state index contributed by atoms with van der Waals surface area (Å²) in [6, 6.07) is 17.9. The number of nitrogens with one attached hydrogen (secondary N) is 1. The van der Waals surface area contributed by atoms with Gasteiger partial charge in [0.1, 0.15) is 5.82 Å². The van der Waals surface area contributed by atoms with E-state index >= 15 is 0 Å². The number of hydrogen-bond donors (Lipinski definition) is 1. The predicted molar refractivity (Wildman–Crippen MR) is 137 cm³/mol. The lowest BCUT2D eigenvalue weighted by Crippen LogP contribution is -2.35. The zero-order valence-corrected chi connectivity index (χ0v) is 20.6. The van der Waals surface area contributed by atoms with Crippen LogP contribution in [-0.4, -0.2) is 59.8 Å². The van der Waals surface area contributed by atoms with Gasteiger partial charge in [0.05, 0.1) is 24.8 Å². The molecule has 2 aliphatic heterocycles. The van der Waals surface area contributed by atoms with Gasteiger partial charge >= 0.3 is 0 Å². The van der Waals surface area contributed by atoms with Crippen LogP contribution in [0.25, 0.3) is 0 Å². The van der Waals surface area contributed by atoms with Crippen LogP contribution in [-0.2, 0) is 33.7 Å². The minimum atomic E-state index is -0.458. The molecule has 0 spiro atoms. The molecule has 0 radical (unpaired) electrons. The summed E-state index contributed by atoms with van der Waals surface area (Å²) in [5, 5.41) is 11.1. The van der Waals surface area contributed by atoms with E-state index in [1.807, 2.05) is 30.3 Å². The number of aromatic nitrogens is 2. The van der Waals surface area contributed by atoms with E-state index < -0.39 is 5.92 Å². The lowest BCUT2D eigenvalue weighted by atomic mass is 10.1. The van der Waals surface area contributed by atoms with Gasteiger partial charge in [-0.05, 0) is 60.4 Å². The SMILES string of the molecule is O=C(Nc1ccc(CCc2ccc(F)cc2)nn1)C1CC(=O)N(c2ccc(CN3CCOCC3)cc2)C1. The molecule has 2 aliphatic rings. The molecule has 37 heavy (non-hydrogen) atoms. The normalized spacial score (nSPS) is 18.2. The average molecular weight is 504 g/mol. The maximum absolute atomic E-state index is 13.0. The number of benzene rings is 2. The minimum Gasteiger partial charge on any atom is -0.379 e. The van der Waals surface area contributed by atoms with Gasteiger partial charge in [-0.15, -0.1) is 5.10 Å². The molecule has 8 nitrogen and oxygen atoms in total. The third kappa shape index (κ3) is 6.55. The summed E-state index contributed by atoms with van der Waals surface area (Å²) in [6.07, 6.45) is 1.53. The Balaban J connectivity index is 1.12. The lowest BCUT2D eigenvalue weighted by molar-refractivity contribution is -0.122. The molecule has 192 valence electrons. The number of carbonyl (C=O) groups excluding carboxylic acids is 2. The Morgan fingerprint density at radius 3 is 2.38 bits per heavy atom. The molecule has 3 aromatic rings. The third-order valence-corrected chi connectivity index (χ3v) is 6.81. The second-order valence-corrected chi connectivity index (χ2v) is 9.49. The van der Waals surface area contributed by atoms with E-state index in [2.05, 4.69) is 20.4 Å². The van der Waals surface area contributed by atoms with Crippen molar-refractivity contribution in [3.8, 4) is 0 Å². The molecule has 0 bridgehead atoms. The van der Waals surface area contributed by atoms with Crippen molar-refractivity contribution in [1.29, 1.82) is 0 Å². The highest BCUT2D eigenvalue weighted by Crippen LogP contribution is 2.26. The van der Waals surface area contributed by atoms with Gasteiger partial charge in [0.15, 0.2) is 5.82 Å². The molecule has 9 heteroatoms. The first kappa shape index (κ1) is 25.0. The number of nitrogens with zero attached hydrogens (tertiary/aromatic N) is 4. The number of hydrogen-bond acceptors (Lipinski definition) is 6. The van der Waals surface area contributed by atoms with Crippen molar-refractivity contribution < 1.29 is 18.7 Å². The average Bonchev–Trinajstić information content (AvgIpc) is 3.32. The van der Waals surface area contributed by atoms with E-state index in [9.17, 15) is 14.0 Å². The molecule has 2 saturated heterocycles. The summed E-state index contributed by atoms with van der Waals surface area (Å²) >= 11 is 0. The summed E-state index contributed by atoms with van der Waals surface area (Å²) < 4.78 is 18.4. The summed E-state index contributed by atoms with van der Waals surface area (Å²) in [6.45, 7) is 4.55. The van der Waals surface area contributed by atoms with Gasteiger partial charge in [-0.2, -0.15) is 5.10 Å². The Morgan fingerprint density at radius 2 is 1.68 bits per heavy atom. The number of anilines is 2. The molecule has 1 unspecified atom stereocenters. The molecular weight excluding hydrogens is 473 g/mol. The maximum Gasteiger partial charge on any atom is 0.231 e. The smallest absolute Gasteiger partial charge is 0.231 e. The zero-order chi connectivity index (χ0) is 25.6. The summed E-state index contributed by atoms with van der Waals surface area (Å²) in [7, 11) is 0. The molecule has 2 fully saturated rings. The van der Waals surface area contributed by atoms with Gasteiger partial charge < -0.3 is 15.0 Å². The Labute approximate surface area is 215 Å². The van der Waals surface area contributed by atoms with E-state index in [1.165, 1.54) is 17.7 Å². The highest BCUT2D eigenvalue weighted by molar-refractivity contribution is 6.03. The number of rotatable bonds is 8. The van der Waals surface area contributed by atoms with E-state index in [4.69, 9.17) is 4.74 Å². The number of halogens is 1. The van der Waals surface area contributed by atoms with Gasteiger partial charge in [-0.25, -0.2) is 4.39 Å². The second-order valence-electron chi connectivity index (χ2n) is 9.49. The molecule has 1 atom stereocenters. The first-order valence-corrected chi connectivity index (χ1v) is 12.6. The van der Waals surface area contributed by atoms with Crippen LogP contribution in [0.2, 0.25) is 0 Å². The van der Waals surface area contributed by atoms with Gasteiger partial charge in [0.25, 0.3) is 0 Å². The first-order valence-electron chi connectivity index (χ1n) is 12.6. The number of aryl methyl sites for hydroxylation is 2. The Hall–Kier alpha value is -3.69. The van der Waals surface area contributed by atoms with Crippen LogP contribution in [0.3, 0.4) is 0 Å². The molecular formula is C28H30FN5O3. The highest BCUT2D eigenvalue weighted by Gasteiger charge is 2.35. The monoisotopic (exact) mass is 503 g/mol. The van der Waals surface area contributed by atoms with E-state index in [1.54, 1.807) is 23.1 Å². The quantitative estimate of drug-likeness (QED) is 0.508. The maximum atomic E-state index is 13.0. The van der Waals surface area contributed by atoms with Crippen molar-refractivity contribution in [3.63, 3.8) is 0 Å². The van der Waals surface area contributed by atoms with Crippen molar-refractivity contribution in [2.75, 3.05) is 43.1 Å². The molecule has 5 rings (SSSR count). The lowest BCUT2D eigenvalue weighted by Gasteiger charge is -2.26. The highest BCUT2D eigenvalue weighted by atomic mass is 19.1. The molecule has 2 aromatic carbocycles. The summed E-state index contributed by atoms with van der Waals surface area (Å²) in [5.41, 5.74) is 3.78. The van der Waals surface area contributed by atoms with Gasteiger partial charge in [-0.3, -0.25) is 14.5 Å². The van der Waals surface area contributed by atoms with Crippen LogP contribution >= 0.6 is 0 Å². The molecule has 0 saturated carbocycles. The van der Waals surface area contributed by atoms with Gasteiger partial charge in [-0.1, -0.05) is 24.3 Å². The summed E-state index contributed by atoms with van der Waals surface area (Å²) in [4.78, 5) is 29.5. The fourth-order valence-corrected chi connectivity index (χ4v) is 4.64. The molecule has 0 aliphatic carbocycles. The van der Waals surface area contributed by atoms with Crippen molar-refractivity contribution in [2.45, 2.75) is 25.8 Å².